The summed E-state index contributed by atoms with van der Waals surface area (Å²) in [6, 6.07) is 2.82. The number of benzene rings is 3. The minimum atomic E-state index is -4.68. The van der Waals surface area contributed by atoms with Crippen LogP contribution >= 0.6 is 0 Å². The highest BCUT2D eigenvalue weighted by molar-refractivity contribution is 5.67. The Kier molecular flexibility index (Phi) is 6.43. The van der Waals surface area contributed by atoms with E-state index >= 15 is 0 Å². The van der Waals surface area contributed by atoms with Gasteiger partial charge in [-0.25, -0.2) is 30.7 Å². The predicted molar refractivity (Wildman–Crippen MR) is 96.5 cm³/mol. The van der Waals surface area contributed by atoms with Gasteiger partial charge in [-0.15, -0.1) is 0 Å². The molecule has 3 rings (SSSR count). The summed E-state index contributed by atoms with van der Waals surface area (Å²) in [6.45, 7) is 1.76. The van der Waals surface area contributed by atoms with Crippen LogP contribution in [0, 0.1) is 40.7 Å². The van der Waals surface area contributed by atoms with Crippen LogP contribution in [0.5, 0.6) is 5.75 Å². The normalized spacial score (nSPS) is 11.7. The van der Waals surface area contributed by atoms with Crippen LogP contribution in [0.25, 0.3) is 11.1 Å². The van der Waals surface area contributed by atoms with Gasteiger partial charge in [-0.3, -0.25) is 0 Å². The largest absolute Gasteiger partial charge is 0.429 e. The van der Waals surface area contributed by atoms with Crippen LogP contribution in [0.4, 0.5) is 39.5 Å². The Morgan fingerprint density at radius 2 is 1.28 bits per heavy atom. The van der Waals surface area contributed by atoms with E-state index in [0.29, 0.717) is 25.0 Å². The predicted octanol–water partition coefficient (Wildman–Crippen LogP) is 7.41. The fourth-order valence-electron chi connectivity index (χ4n) is 3.08. The summed E-state index contributed by atoms with van der Waals surface area (Å²) in [7, 11) is 0. The molecule has 1 nitrogen and oxygen atoms in total. The van der Waals surface area contributed by atoms with Gasteiger partial charge in [-0.1, -0.05) is 19.4 Å². The summed E-state index contributed by atoms with van der Waals surface area (Å²) >= 11 is 0. The van der Waals surface area contributed by atoms with Gasteiger partial charge in [0.2, 0.25) is 0 Å². The van der Waals surface area contributed by atoms with Gasteiger partial charge in [0.05, 0.1) is 5.56 Å². The number of ether oxygens (including phenoxy) is 1. The van der Waals surface area contributed by atoms with Crippen LogP contribution in [-0.2, 0) is 12.5 Å². The van der Waals surface area contributed by atoms with Gasteiger partial charge in [-0.2, -0.15) is 8.78 Å². The van der Waals surface area contributed by atoms with E-state index < -0.39 is 69.3 Å². The van der Waals surface area contributed by atoms with Crippen molar-refractivity contribution in [2.45, 2.75) is 25.9 Å². The standard InChI is InChI=1S/C22H13F9O/c1-2-3-10-6-14(23)18(15(24)7-10)12-4-5-13(20(28)19(12)27)22(30,31)32-11-8-16(25)21(29)17(26)9-11/h4-9H,2-3H2,1H3. The summed E-state index contributed by atoms with van der Waals surface area (Å²) in [6.07, 6.45) is -3.80. The van der Waals surface area contributed by atoms with Crippen molar-refractivity contribution in [3.8, 4) is 16.9 Å². The fourth-order valence-corrected chi connectivity index (χ4v) is 3.08. The summed E-state index contributed by atoms with van der Waals surface area (Å²) in [5.74, 6) is -13.5. The van der Waals surface area contributed by atoms with Gasteiger partial charge in [0.25, 0.3) is 0 Å². The third-order valence-electron chi connectivity index (χ3n) is 4.51. The van der Waals surface area contributed by atoms with E-state index in [4.69, 9.17) is 0 Å². The van der Waals surface area contributed by atoms with E-state index in [-0.39, 0.29) is 17.7 Å². The highest BCUT2D eigenvalue weighted by atomic mass is 19.3. The molecule has 32 heavy (non-hydrogen) atoms. The number of halogens is 9. The first-order valence-electron chi connectivity index (χ1n) is 9.14. The molecule has 0 unspecified atom stereocenters. The quantitative estimate of drug-likeness (QED) is 0.273. The average molecular weight is 464 g/mol. The Morgan fingerprint density at radius 3 is 1.81 bits per heavy atom. The monoisotopic (exact) mass is 464 g/mol. The molecule has 0 N–H and O–H groups in total. The molecule has 0 saturated carbocycles. The maximum absolute atomic E-state index is 14.5. The molecule has 10 heteroatoms. The van der Waals surface area contributed by atoms with Crippen LogP contribution in [0.2, 0.25) is 0 Å². The zero-order valence-corrected chi connectivity index (χ0v) is 16.2. The third kappa shape index (κ3) is 4.39. The smallest absolute Gasteiger partial charge is 0.429 e. The van der Waals surface area contributed by atoms with Crippen molar-refractivity contribution in [3.05, 3.63) is 88.2 Å². The molecule has 0 aliphatic rings. The van der Waals surface area contributed by atoms with Crippen LogP contribution in [0.3, 0.4) is 0 Å². The number of hydrogen-bond donors (Lipinski definition) is 0. The van der Waals surface area contributed by atoms with Gasteiger partial charge in [0, 0.05) is 17.7 Å². The molecule has 0 aliphatic heterocycles. The summed E-state index contributed by atoms with van der Waals surface area (Å²) < 4.78 is 130. The zero-order chi connectivity index (χ0) is 23.8. The minimum Gasteiger partial charge on any atom is -0.429 e. The highest BCUT2D eigenvalue weighted by Gasteiger charge is 2.40. The number of alkyl halides is 2. The number of rotatable bonds is 6. The van der Waals surface area contributed by atoms with Gasteiger partial charge >= 0.3 is 6.11 Å². The first-order valence-corrected chi connectivity index (χ1v) is 9.14. The topological polar surface area (TPSA) is 9.23 Å². The van der Waals surface area contributed by atoms with Crippen LogP contribution in [-0.4, -0.2) is 0 Å². The Balaban J connectivity index is 2.02. The lowest BCUT2D eigenvalue weighted by Gasteiger charge is -2.20. The SMILES string of the molecule is CCCc1cc(F)c(-c2ccc(C(F)(F)Oc3cc(F)c(F)c(F)c3)c(F)c2F)c(F)c1. The maximum Gasteiger partial charge on any atom is 0.429 e. The van der Waals surface area contributed by atoms with Crippen molar-refractivity contribution in [1.82, 2.24) is 0 Å². The third-order valence-corrected chi connectivity index (χ3v) is 4.51. The molecule has 3 aromatic rings. The van der Waals surface area contributed by atoms with Gasteiger partial charge in [0.1, 0.15) is 22.9 Å². The molecule has 0 aromatic heterocycles. The van der Waals surface area contributed by atoms with Gasteiger partial charge in [-0.05, 0) is 30.2 Å². The van der Waals surface area contributed by atoms with E-state index in [0.717, 1.165) is 12.1 Å². The van der Waals surface area contributed by atoms with Gasteiger partial charge in [0.15, 0.2) is 29.1 Å². The van der Waals surface area contributed by atoms with E-state index in [9.17, 15) is 39.5 Å². The Hall–Kier alpha value is -3.17. The molecule has 0 fully saturated rings. The minimum absolute atomic E-state index is 0.0809. The molecular weight excluding hydrogens is 451 g/mol. The van der Waals surface area contributed by atoms with Crippen molar-refractivity contribution in [2.75, 3.05) is 0 Å². The maximum atomic E-state index is 14.5. The lowest BCUT2D eigenvalue weighted by molar-refractivity contribution is -0.187. The van der Waals surface area contributed by atoms with Crippen molar-refractivity contribution in [1.29, 1.82) is 0 Å². The first kappa shape index (κ1) is 23.5. The highest BCUT2D eigenvalue weighted by Crippen LogP contribution is 2.38. The molecule has 0 amide bonds. The van der Waals surface area contributed by atoms with Crippen molar-refractivity contribution >= 4 is 0 Å². The fraction of sp³-hybridized carbons (Fsp3) is 0.182. The van der Waals surface area contributed by atoms with E-state index in [2.05, 4.69) is 4.74 Å². The lowest BCUT2D eigenvalue weighted by atomic mass is 9.98. The van der Waals surface area contributed by atoms with Crippen molar-refractivity contribution in [2.24, 2.45) is 0 Å². The molecular formula is C22H13F9O. The molecule has 0 saturated heterocycles. The summed E-state index contributed by atoms with van der Waals surface area (Å²) in [5, 5.41) is 0. The second-order valence-corrected chi connectivity index (χ2v) is 6.79. The molecule has 170 valence electrons. The van der Waals surface area contributed by atoms with E-state index in [1.807, 2.05) is 0 Å². The van der Waals surface area contributed by atoms with Crippen LogP contribution < -0.4 is 4.74 Å². The molecule has 0 bridgehead atoms. The van der Waals surface area contributed by atoms with Crippen molar-refractivity contribution < 1.29 is 44.3 Å². The van der Waals surface area contributed by atoms with E-state index in [1.54, 1.807) is 6.92 Å². The molecule has 0 atom stereocenters. The summed E-state index contributed by atoms with van der Waals surface area (Å²) in [4.78, 5) is 0. The molecule has 0 radical (unpaired) electrons. The van der Waals surface area contributed by atoms with E-state index in [1.165, 1.54) is 0 Å². The first-order chi connectivity index (χ1) is 15.0. The summed E-state index contributed by atoms with van der Waals surface area (Å²) in [5.41, 5.74) is -3.37. The second-order valence-electron chi connectivity index (χ2n) is 6.79. The lowest BCUT2D eigenvalue weighted by Crippen LogP contribution is -2.24. The second kappa shape index (κ2) is 8.76. The van der Waals surface area contributed by atoms with Crippen LogP contribution in [0.1, 0.15) is 24.5 Å². The molecule has 3 aromatic carbocycles. The average Bonchev–Trinajstić information content (AvgIpc) is 2.68. The zero-order valence-electron chi connectivity index (χ0n) is 16.2. The molecule has 0 heterocycles. The Labute approximate surface area is 176 Å². The van der Waals surface area contributed by atoms with Crippen LogP contribution in [0.15, 0.2) is 36.4 Å². The number of aryl methyl sites for hydroxylation is 1. The number of hydrogen-bond acceptors (Lipinski definition) is 1. The Bertz CT molecular complexity index is 1130. The molecule has 0 spiro atoms. The molecule has 0 aliphatic carbocycles. The Morgan fingerprint density at radius 1 is 0.719 bits per heavy atom. The van der Waals surface area contributed by atoms with Gasteiger partial charge < -0.3 is 4.74 Å². The van der Waals surface area contributed by atoms with Crippen molar-refractivity contribution in [3.63, 3.8) is 0 Å².